The van der Waals surface area contributed by atoms with Gasteiger partial charge in [0.15, 0.2) is 0 Å². The zero-order valence-corrected chi connectivity index (χ0v) is 15.5. The van der Waals surface area contributed by atoms with Crippen LogP contribution in [0, 0.1) is 10.8 Å². The van der Waals surface area contributed by atoms with Gasteiger partial charge in [-0.1, -0.05) is 0 Å². The predicted molar refractivity (Wildman–Crippen MR) is 86.8 cm³/mol. The molecule has 0 bridgehead atoms. The molecule has 134 valence electrons. The van der Waals surface area contributed by atoms with Crippen LogP contribution in [0.2, 0.25) is 0 Å². The van der Waals surface area contributed by atoms with E-state index in [1.54, 1.807) is 48.5 Å². The Hall–Kier alpha value is -1.79. The van der Waals surface area contributed by atoms with E-state index in [1.165, 1.54) is 7.11 Å². The molecule has 0 atom stereocenters. The molecule has 23 heavy (non-hydrogen) atoms. The molecule has 7 nitrogen and oxygen atoms in total. The van der Waals surface area contributed by atoms with Gasteiger partial charge in [0.1, 0.15) is 5.60 Å². The number of hydrogen-bond acceptors (Lipinski definition) is 5. The van der Waals surface area contributed by atoms with Crippen molar-refractivity contribution in [3.63, 3.8) is 0 Å². The highest BCUT2D eigenvalue weighted by Gasteiger charge is 2.33. The first-order valence-electron chi connectivity index (χ1n) is 7.55. The molecule has 0 rings (SSSR count). The Balaban J connectivity index is 4.51. The second-order valence-electron chi connectivity index (χ2n) is 7.80. The Kier molecular flexibility index (Phi) is 7.06. The van der Waals surface area contributed by atoms with Crippen molar-refractivity contribution in [3.05, 3.63) is 0 Å². The summed E-state index contributed by atoms with van der Waals surface area (Å²) in [6.07, 6.45) is -0.576. The van der Waals surface area contributed by atoms with Crippen LogP contribution in [0.4, 0.5) is 4.79 Å². The van der Waals surface area contributed by atoms with Gasteiger partial charge in [0.2, 0.25) is 5.91 Å². The van der Waals surface area contributed by atoms with Crippen LogP contribution in [-0.4, -0.2) is 43.8 Å². The third-order valence-electron chi connectivity index (χ3n) is 3.12. The molecule has 2 amide bonds. The lowest BCUT2D eigenvalue weighted by atomic mass is 9.90. The molecule has 0 aromatic rings. The second kappa shape index (κ2) is 7.66. The Morgan fingerprint density at radius 1 is 0.826 bits per heavy atom. The topological polar surface area (TPSA) is 93.7 Å². The maximum absolute atomic E-state index is 12.3. The normalized spacial score (nSPS) is 12.3. The Morgan fingerprint density at radius 2 is 1.30 bits per heavy atom. The van der Waals surface area contributed by atoms with E-state index in [4.69, 9.17) is 9.47 Å². The summed E-state index contributed by atoms with van der Waals surface area (Å²) < 4.78 is 9.82. The maximum Gasteiger partial charge on any atom is 0.407 e. The van der Waals surface area contributed by atoms with Gasteiger partial charge in [-0.2, -0.15) is 0 Å². The van der Waals surface area contributed by atoms with Crippen molar-refractivity contribution in [1.82, 2.24) is 10.6 Å². The molecule has 0 unspecified atom stereocenters. The van der Waals surface area contributed by atoms with Gasteiger partial charge in [-0.15, -0.1) is 0 Å². The van der Waals surface area contributed by atoms with Gasteiger partial charge in [-0.25, -0.2) is 4.79 Å². The first-order valence-corrected chi connectivity index (χ1v) is 7.55. The van der Waals surface area contributed by atoms with Gasteiger partial charge in [0.25, 0.3) is 0 Å². The summed E-state index contributed by atoms with van der Waals surface area (Å²) >= 11 is 0. The molecule has 0 fully saturated rings. The molecule has 0 aliphatic carbocycles. The van der Waals surface area contributed by atoms with Crippen molar-refractivity contribution in [2.45, 2.75) is 54.1 Å². The molecule has 0 radical (unpaired) electrons. The summed E-state index contributed by atoms with van der Waals surface area (Å²) in [5, 5.41) is 5.30. The number of methoxy groups -OCH3 is 1. The summed E-state index contributed by atoms with van der Waals surface area (Å²) in [5.41, 5.74) is -2.26. The lowest BCUT2D eigenvalue weighted by molar-refractivity contribution is -0.150. The fraction of sp³-hybridized carbons (Fsp3) is 0.812. The largest absolute Gasteiger partial charge is 0.469 e. The zero-order valence-electron chi connectivity index (χ0n) is 15.5. The van der Waals surface area contributed by atoms with Gasteiger partial charge in [0.05, 0.1) is 17.9 Å². The number of esters is 1. The molecular weight excluding hydrogens is 300 g/mol. The van der Waals surface area contributed by atoms with Gasteiger partial charge < -0.3 is 20.1 Å². The molecule has 0 aliphatic rings. The first-order chi connectivity index (χ1) is 10.2. The van der Waals surface area contributed by atoms with Crippen molar-refractivity contribution in [3.8, 4) is 0 Å². The number of alkyl carbamates (subject to hydrolysis) is 1. The van der Waals surface area contributed by atoms with Gasteiger partial charge in [-0.05, 0) is 48.5 Å². The second-order valence-corrected chi connectivity index (χ2v) is 7.80. The summed E-state index contributed by atoms with van der Waals surface area (Å²) in [7, 11) is 1.31. The Morgan fingerprint density at radius 3 is 1.74 bits per heavy atom. The van der Waals surface area contributed by atoms with E-state index in [-0.39, 0.29) is 19.0 Å². The molecule has 0 saturated carbocycles. The number of carbonyl (C=O) groups is 3. The fourth-order valence-electron chi connectivity index (χ4n) is 1.58. The highest BCUT2D eigenvalue weighted by atomic mass is 16.6. The fourth-order valence-corrected chi connectivity index (χ4v) is 1.58. The highest BCUT2D eigenvalue weighted by molar-refractivity contribution is 5.84. The van der Waals surface area contributed by atoms with Gasteiger partial charge in [0, 0.05) is 13.1 Å². The van der Waals surface area contributed by atoms with Crippen molar-refractivity contribution < 1.29 is 23.9 Å². The molecule has 0 aromatic heterocycles. The molecule has 0 saturated heterocycles. The van der Waals surface area contributed by atoms with E-state index in [1.807, 2.05) is 0 Å². The van der Waals surface area contributed by atoms with Gasteiger partial charge >= 0.3 is 12.1 Å². The third-order valence-corrected chi connectivity index (χ3v) is 3.12. The quantitative estimate of drug-likeness (QED) is 0.725. The summed E-state index contributed by atoms with van der Waals surface area (Å²) in [6, 6.07) is 0. The van der Waals surface area contributed by atoms with Crippen LogP contribution in [0.5, 0.6) is 0 Å². The van der Waals surface area contributed by atoms with Crippen LogP contribution in [0.1, 0.15) is 48.5 Å². The molecule has 0 heterocycles. The molecule has 0 aromatic carbocycles. The number of carbonyl (C=O) groups excluding carboxylic acids is 3. The minimum atomic E-state index is -0.844. The Labute approximate surface area is 138 Å². The minimum Gasteiger partial charge on any atom is -0.469 e. The summed E-state index contributed by atoms with van der Waals surface area (Å²) in [6.45, 7) is 12.3. The van der Waals surface area contributed by atoms with E-state index in [2.05, 4.69) is 10.6 Å². The van der Waals surface area contributed by atoms with Gasteiger partial charge in [-0.3, -0.25) is 9.59 Å². The van der Waals surface area contributed by atoms with Crippen molar-refractivity contribution in [1.29, 1.82) is 0 Å². The van der Waals surface area contributed by atoms with Crippen LogP contribution in [0.15, 0.2) is 0 Å². The lowest BCUT2D eigenvalue weighted by Gasteiger charge is -2.28. The summed E-state index contributed by atoms with van der Waals surface area (Å²) in [4.78, 5) is 35.5. The molecule has 7 heteroatoms. The number of ether oxygens (including phenoxy) is 2. The minimum absolute atomic E-state index is 0.117. The van der Waals surface area contributed by atoms with Crippen molar-refractivity contribution in [2.75, 3.05) is 20.2 Å². The molecule has 0 aliphatic heterocycles. The average molecular weight is 330 g/mol. The van der Waals surface area contributed by atoms with Crippen LogP contribution in [0.25, 0.3) is 0 Å². The lowest BCUT2D eigenvalue weighted by Crippen LogP contribution is -2.49. The standard InChI is InChI=1S/C16H30N2O5/c1-14(2,3)23-13(21)18-9-15(4,5)11(19)17-10-16(6,7)12(20)22-8/h9-10H2,1-8H3,(H,17,19)(H,18,21). The number of nitrogens with one attached hydrogen (secondary N) is 2. The SMILES string of the molecule is COC(=O)C(C)(C)CNC(=O)C(C)(C)CNC(=O)OC(C)(C)C. The van der Waals surface area contributed by atoms with Crippen LogP contribution in [0.3, 0.4) is 0 Å². The van der Waals surface area contributed by atoms with Crippen molar-refractivity contribution >= 4 is 18.0 Å². The number of amides is 2. The number of rotatable bonds is 6. The van der Waals surface area contributed by atoms with E-state index in [0.717, 1.165) is 0 Å². The number of hydrogen-bond donors (Lipinski definition) is 2. The van der Waals surface area contributed by atoms with Crippen LogP contribution >= 0.6 is 0 Å². The van der Waals surface area contributed by atoms with Crippen LogP contribution in [-0.2, 0) is 19.1 Å². The highest BCUT2D eigenvalue weighted by Crippen LogP contribution is 2.18. The first kappa shape index (κ1) is 21.2. The van der Waals surface area contributed by atoms with E-state index in [9.17, 15) is 14.4 Å². The monoisotopic (exact) mass is 330 g/mol. The molecule has 0 spiro atoms. The Bertz CT molecular complexity index is 450. The van der Waals surface area contributed by atoms with E-state index in [0.29, 0.717) is 0 Å². The van der Waals surface area contributed by atoms with Crippen LogP contribution < -0.4 is 10.6 Å². The van der Waals surface area contributed by atoms with E-state index < -0.39 is 28.5 Å². The predicted octanol–water partition coefficient (Wildman–Crippen LogP) is 1.85. The molecular formula is C16H30N2O5. The maximum atomic E-state index is 12.3. The zero-order chi connectivity index (χ0) is 18.5. The summed E-state index contributed by atoms with van der Waals surface area (Å²) in [5.74, 6) is -0.673. The van der Waals surface area contributed by atoms with E-state index >= 15 is 0 Å². The molecule has 2 N–H and O–H groups in total. The smallest absolute Gasteiger partial charge is 0.407 e. The average Bonchev–Trinajstić information content (AvgIpc) is 2.39. The van der Waals surface area contributed by atoms with Crippen molar-refractivity contribution in [2.24, 2.45) is 10.8 Å². The third kappa shape index (κ3) is 7.85.